The summed E-state index contributed by atoms with van der Waals surface area (Å²) in [6, 6.07) is 5.45. The highest BCUT2D eigenvalue weighted by molar-refractivity contribution is 5.94. The Hall–Kier alpha value is -1.42. The molecule has 82 valence electrons. The van der Waals surface area contributed by atoms with Gasteiger partial charge in [0.25, 0.3) is 0 Å². The van der Waals surface area contributed by atoms with Crippen LogP contribution in [0.25, 0.3) is 0 Å². The number of hydrogen-bond acceptors (Lipinski definition) is 2. The van der Waals surface area contributed by atoms with Gasteiger partial charge in [-0.05, 0) is 18.6 Å². The third kappa shape index (κ3) is 3.32. The Balaban J connectivity index is 2.62. The molecule has 3 N–H and O–H groups in total. The Kier molecular flexibility index (Phi) is 4.24. The van der Waals surface area contributed by atoms with E-state index < -0.39 is 11.9 Å². The lowest BCUT2D eigenvalue weighted by Gasteiger charge is -2.11. The van der Waals surface area contributed by atoms with Crippen LogP contribution in [0, 0.1) is 5.82 Å². The number of para-hydroxylation sites is 1. The van der Waals surface area contributed by atoms with E-state index in [-0.39, 0.29) is 11.6 Å². The lowest BCUT2D eigenvalue weighted by Crippen LogP contribution is -2.35. The van der Waals surface area contributed by atoms with E-state index in [0.717, 1.165) is 6.42 Å². The van der Waals surface area contributed by atoms with Gasteiger partial charge in [-0.3, -0.25) is 4.79 Å². The summed E-state index contributed by atoms with van der Waals surface area (Å²) < 4.78 is 13.1. The lowest BCUT2D eigenvalue weighted by atomic mass is 10.1. The minimum atomic E-state index is -0.574. The smallest absolute Gasteiger partial charge is 0.241 e. The molecule has 1 unspecified atom stereocenters. The van der Waals surface area contributed by atoms with E-state index in [1.54, 1.807) is 12.1 Å². The largest absolute Gasteiger partial charge is 0.322 e. The SMILES string of the molecule is CCCC(N)C(=O)Nc1ccccc1F. The summed E-state index contributed by atoms with van der Waals surface area (Å²) in [5.74, 6) is -0.795. The molecule has 0 heterocycles. The number of anilines is 1. The van der Waals surface area contributed by atoms with Crippen molar-refractivity contribution in [2.24, 2.45) is 5.73 Å². The first-order valence-corrected chi connectivity index (χ1v) is 4.96. The van der Waals surface area contributed by atoms with Crippen molar-refractivity contribution in [3.8, 4) is 0 Å². The third-order valence-electron chi connectivity index (χ3n) is 2.07. The first-order valence-electron chi connectivity index (χ1n) is 4.96. The van der Waals surface area contributed by atoms with Crippen molar-refractivity contribution in [3.63, 3.8) is 0 Å². The van der Waals surface area contributed by atoms with Crippen LogP contribution in [-0.4, -0.2) is 11.9 Å². The van der Waals surface area contributed by atoms with Crippen LogP contribution in [0.15, 0.2) is 24.3 Å². The first-order chi connectivity index (χ1) is 7.15. The molecule has 0 bridgehead atoms. The summed E-state index contributed by atoms with van der Waals surface area (Å²) in [7, 11) is 0. The second kappa shape index (κ2) is 5.46. The molecule has 0 aliphatic heterocycles. The van der Waals surface area contributed by atoms with Gasteiger partial charge < -0.3 is 11.1 Å². The summed E-state index contributed by atoms with van der Waals surface area (Å²) in [6.07, 6.45) is 1.42. The van der Waals surface area contributed by atoms with Crippen molar-refractivity contribution in [2.45, 2.75) is 25.8 Å². The quantitative estimate of drug-likeness (QED) is 0.797. The number of nitrogens with one attached hydrogen (secondary N) is 1. The van der Waals surface area contributed by atoms with Crippen LogP contribution in [0.1, 0.15) is 19.8 Å². The average molecular weight is 210 g/mol. The van der Waals surface area contributed by atoms with Gasteiger partial charge in [0.1, 0.15) is 5.82 Å². The monoisotopic (exact) mass is 210 g/mol. The van der Waals surface area contributed by atoms with E-state index in [2.05, 4.69) is 5.32 Å². The van der Waals surface area contributed by atoms with Crippen LogP contribution in [0.3, 0.4) is 0 Å². The van der Waals surface area contributed by atoms with Crippen molar-refractivity contribution < 1.29 is 9.18 Å². The molecule has 4 heteroatoms. The number of carbonyl (C=O) groups is 1. The summed E-state index contributed by atoms with van der Waals surface area (Å²) in [4.78, 5) is 11.5. The second-order valence-electron chi connectivity index (χ2n) is 3.36. The molecule has 15 heavy (non-hydrogen) atoms. The van der Waals surface area contributed by atoms with Crippen molar-refractivity contribution in [1.82, 2.24) is 0 Å². The number of halogens is 1. The van der Waals surface area contributed by atoms with E-state index in [1.807, 2.05) is 6.92 Å². The Morgan fingerprint density at radius 3 is 2.80 bits per heavy atom. The molecule has 0 aliphatic rings. The predicted octanol–water partition coefficient (Wildman–Crippen LogP) is 1.89. The maximum Gasteiger partial charge on any atom is 0.241 e. The fourth-order valence-electron chi connectivity index (χ4n) is 1.23. The van der Waals surface area contributed by atoms with E-state index in [0.29, 0.717) is 6.42 Å². The number of amides is 1. The molecule has 3 nitrogen and oxygen atoms in total. The van der Waals surface area contributed by atoms with Gasteiger partial charge in [-0.15, -0.1) is 0 Å². The van der Waals surface area contributed by atoms with Crippen molar-refractivity contribution in [3.05, 3.63) is 30.1 Å². The molecule has 1 aromatic rings. The Morgan fingerprint density at radius 1 is 1.53 bits per heavy atom. The standard InChI is InChI=1S/C11H15FN2O/c1-2-5-9(13)11(15)14-10-7-4-3-6-8(10)12/h3-4,6-7,9H,2,5,13H2,1H3,(H,14,15). The number of carbonyl (C=O) groups excluding carboxylic acids is 1. The zero-order valence-electron chi connectivity index (χ0n) is 8.66. The third-order valence-corrected chi connectivity index (χ3v) is 2.07. The first kappa shape index (κ1) is 11.7. The molecular weight excluding hydrogens is 195 g/mol. The zero-order valence-corrected chi connectivity index (χ0v) is 8.66. The van der Waals surface area contributed by atoms with E-state index in [1.165, 1.54) is 12.1 Å². The highest BCUT2D eigenvalue weighted by Gasteiger charge is 2.13. The Bertz CT molecular complexity index is 341. The maximum atomic E-state index is 13.1. The zero-order chi connectivity index (χ0) is 11.3. The van der Waals surface area contributed by atoms with Crippen LogP contribution >= 0.6 is 0 Å². The summed E-state index contributed by atoms with van der Waals surface area (Å²) in [6.45, 7) is 1.94. The van der Waals surface area contributed by atoms with Crippen molar-refractivity contribution in [2.75, 3.05) is 5.32 Å². The van der Waals surface area contributed by atoms with Crippen LogP contribution in [0.2, 0.25) is 0 Å². The van der Waals surface area contributed by atoms with Gasteiger partial charge in [-0.25, -0.2) is 4.39 Å². The molecule has 1 amide bonds. The van der Waals surface area contributed by atoms with Gasteiger partial charge >= 0.3 is 0 Å². The highest BCUT2D eigenvalue weighted by atomic mass is 19.1. The van der Waals surface area contributed by atoms with E-state index in [9.17, 15) is 9.18 Å². The molecule has 0 spiro atoms. The number of benzene rings is 1. The minimum Gasteiger partial charge on any atom is -0.322 e. The van der Waals surface area contributed by atoms with E-state index in [4.69, 9.17) is 5.73 Å². The molecule has 0 radical (unpaired) electrons. The molecule has 1 rings (SSSR count). The topological polar surface area (TPSA) is 55.1 Å². The van der Waals surface area contributed by atoms with Gasteiger partial charge in [0.05, 0.1) is 11.7 Å². The van der Waals surface area contributed by atoms with E-state index >= 15 is 0 Å². The van der Waals surface area contributed by atoms with Crippen LogP contribution in [0.4, 0.5) is 10.1 Å². The van der Waals surface area contributed by atoms with Crippen molar-refractivity contribution in [1.29, 1.82) is 0 Å². The fraction of sp³-hybridized carbons (Fsp3) is 0.364. The molecule has 0 saturated carbocycles. The van der Waals surface area contributed by atoms with Crippen LogP contribution < -0.4 is 11.1 Å². The van der Waals surface area contributed by atoms with Crippen molar-refractivity contribution >= 4 is 11.6 Å². The lowest BCUT2D eigenvalue weighted by molar-refractivity contribution is -0.117. The highest BCUT2D eigenvalue weighted by Crippen LogP contribution is 2.12. The molecule has 0 fully saturated rings. The molecule has 0 saturated heterocycles. The fourth-order valence-corrected chi connectivity index (χ4v) is 1.23. The number of hydrogen-bond donors (Lipinski definition) is 2. The van der Waals surface area contributed by atoms with Gasteiger partial charge in [-0.2, -0.15) is 0 Å². The molecule has 0 aliphatic carbocycles. The van der Waals surface area contributed by atoms with Gasteiger partial charge in [0.15, 0.2) is 0 Å². The van der Waals surface area contributed by atoms with Gasteiger partial charge in [0.2, 0.25) is 5.91 Å². The normalized spacial score (nSPS) is 12.2. The number of rotatable bonds is 4. The summed E-state index contributed by atoms with van der Waals surface area (Å²) in [5, 5.41) is 2.46. The summed E-state index contributed by atoms with van der Waals surface area (Å²) >= 11 is 0. The Morgan fingerprint density at radius 2 is 2.20 bits per heavy atom. The molecule has 0 aromatic heterocycles. The second-order valence-corrected chi connectivity index (χ2v) is 3.36. The van der Waals surface area contributed by atoms with Crippen LogP contribution in [-0.2, 0) is 4.79 Å². The Labute approximate surface area is 88.5 Å². The minimum absolute atomic E-state index is 0.175. The number of nitrogens with two attached hydrogens (primary N) is 1. The molecular formula is C11H15FN2O. The van der Waals surface area contributed by atoms with Crippen LogP contribution in [0.5, 0.6) is 0 Å². The van der Waals surface area contributed by atoms with Gasteiger partial charge in [0, 0.05) is 0 Å². The molecule has 1 atom stereocenters. The van der Waals surface area contributed by atoms with Gasteiger partial charge in [-0.1, -0.05) is 25.5 Å². The molecule has 1 aromatic carbocycles. The predicted molar refractivity (Wildman–Crippen MR) is 57.9 cm³/mol. The average Bonchev–Trinajstić information content (AvgIpc) is 2.21. The summed E-state index contributed by atoms with van der Waals surface area (Å²) in [5.41, 5.74) is 5.77. The maximum absolute atomic E-state index is 13.1.